The first-order chi connectivity index (χ1) is 11.6. The van der Waals surface area contributed by atoms with Gasteiger partial charge in [0.25, 0.3) is 0 Å². The zero-order chi connectivity index (χ0) is 18.7. The van der Waals surface area contributed by atoms with E-state index in [0.29, 0.717) is 19.4 Å². The Labute approximate surface area is 143 Å². The second-order valence-corrected chi connectivity index (χ2v) is 6.46. The van der Waals surface area contributed by atoms with Gasteiger partial charge in [-0.2, -0.15) is 13.2 Å². The molecule has 140 valence electrons. The molecule has 25 heavy (non-hydrogen) atoms. The van der Waals surface area contributed by atoms with Crippen LogP contribution >= 0.6 is 0 Å². The maximum absolute atomic E-state index is 12.6. The molecule has 0 spiro atoms. The summed E-state index contributed by atoms with van der Waals surface area (Å²) in [6.45, 7) is -0.756. The molecule has 1 saturated heterocycles. The average molecular weight is 361 g/mol. The van der Waals surface area contributed by atoms with Gasteiger partial charge in [0.05, 0.1) is 19.4 Å². The third kappa shape index (κ3) is 4.71. The highest BCUT2D eigenvalue weighted by molar-refractivity contribution is 5.86. The smallest absolute Gasteiger partial charge is 0.345 e. The van der Waals surface area contributed by atoms with Gasteiger partial charge in [0.15, 0.2) is 0 Å². The van der Waals surface area contributed by atoms with E-state index in [1.54, 1.807) is 19.0 Å². The number of likely N-dealkylation sites (tertiary alicyclic amines) is 1. The van der Waals surface area contributed by atoms with Crippen LogP contribution in [0.25, 0.3) is 0 Å². The summed E-state index contributed by atoms with van der Waals surface area (Å²) in [5, 5.41) is 1.96. The normalized spacial score (nSPS) is 21.4. The van der Waals surface area contributed by atoms with Crippen LogP contribution in [-0.2, 0) is 15.1 Å². The Hall–Kier alpha value is -2.10. The summed E-state index contributed by atoms with van der Waals surface area (Å²) < 4.78 is 39.0. The minimum absolute atomic E-state index is 0.0136. The lowest BCUT2D eigenvalue weighted by Crippen LogP contribution is -2.60. The number of imidazole rings is 1. The van der Waals surface area contributed by atoms with E-state index in [1.165, 1.54) is 28.2 Å². The minimum atomic E-state index is -4.50. The van der Waals surface area contributed by atoms with Crippen LogP contribution in [0.5, 0.6) is 0 Å². The molecule has 0 bridgehead atoms. The number of amides is 2. The van der Waals surface area contributed by atoms with Crippen LogP contribution in [0.2, 0.25) is 0 Å². The van der Waals surface area contributed by atoms with Gasteiger partial charge >= 0.3 is 6.18 Å². The van der Waals surface area contributed by atoms with Gasteiger partial charge in [-0.05, 0) is 26.9 Å². The molecule has 1 N–H and O–H groups in total. The first kappa shape index (κ1) is 19.2. The predicted molar refractivity (Wildman–Crippen MR) is 83.6 cm³/mol. The second kappa shape index (κ2) is 7.42. The number of aromatic nitrogens is 2. The molecule has 1 aromatic heterocycles. The highest BCUT2D eigenvalue weighted by atomic mass is 19.4. The number of rotatable bonds is 5. The van der Waals surface area contributed by atoms with Gasteiger partial charge in [-0.1, -0.05) is 0 Å². The summed E-state index contributed by atoms with van der Waals surface area (Å²) in [6, 6.07) is 0. The highest BCUT2D eigenvalue weighted by Crippen LogP contribution is 2.30. The Kier molecular flexibility index (Phi) is 5.71. The zero-order valence-corrected chi connectivity index (χ0v) is 14.2. The number of carbonyl (C=O) groups excluding carboxylic acids is 2. The molecular weight excluding hydrogens is 339 g/mol. The van der Waals surface area contributed by atoms with Crippen molar-refractivity contribution >= 4 is 11.8 Å². The fourth-order valence-electron chi connectivity index (χ4n) is 2.99. The van der Waals surface area contributed by atoms with E-state index >= 15 is 0 Å². The molecule has 1 aromatic rings. The van der Waals surface area contributed by atoms with Gasteiger partial charge in [-0.15, -0.1) is 0 Å². The molecule has 1 aliphatic heterocycles. The molecule has 2 rings (SSSR count). The topological polar surface area (TPSA) is 70.5 Å². The van der Waals surface area contributed by atoms with Crippen LogP contribution in [0.4, 0.5) is 13.2 Å². The molecule has 10 heteroatoms. The van der Waals surface area contributed by atoms with Crippen LogP contribution in [0.15, 0.2) is 18.7 Å². The third-order valence-electron chi connectivity index (χ3n) is 4.15. The number of halogens is 3. The number of alkyl halides is 3. The lowest BCUT2D eigenvalue weighted by Gasteiger charge is -2.42. The predicted octanol–water partition coefficient (Wildman–Crippen LogP) is 0.441. The summed E-state index contributed by atoms with van der Waals surface area (Å²) in [4.78, 5) is 32.1. The van der Waals surface area contributed by atoms with Crippen molar-refractivity contribution in [1.29, 1.82) is 0 Å². The van der Waals surface area contributed by atoms with E-state index < -0.39 is 24.2 Å². The average Bonchev–Trinajstić information content (AvgIpc) is 3.06. The quantitative estimate of drug-likeness (QED) is 0.826. The third-order valence-corrected chi connectivity index (χ3v) is 4.15. The molecule has 1 fully saturated rings. The van der Waals surface area contributed by atoms with Crippen LogP contribution in [-0.4, -0.2) is 77.6 Å². The first-order valence-electron chi connectivity index (χ1n) is 7.90. The van der Waals surface area contributed by atoms with E-state index in [0.717, 1.165) is 0 Å². The molecule has 7 nitrogen and oxygen atoms in total. The molecule has 1 aliphatic rings. The number of nitrogens with one attached hydrogen (secondary N) is 1. The fraction of sp³-hybridized carbons (Fsp3) is 0.667. The van der Waals surface area contributed by atoms with Crippen molar-refractivity contribution in [2.75, 3.05) is 40.3 Å². The standard InChI is InChI=1S/C15H22F3N5O2/c1-21(2)8-12(24)22-6-3-4-14(10-22,23-7-5-19-11-23)13(25)20-9-15(16,17)18/h5,7,11H,3-4,6,8-10H2,1-2H3,(H,20,25). The van der Waals surface area contributed by atoms with Crippen molar-refractivity contribution in [3.8, 4) is 0 Å². The Morgan fingerprint density at radius 2 is 2.08 bits per heavy atom. The van der Waals surface area contributed by atoms with E-state index in [9.17, 15) is 22.8 Å². The molecule has 0 radical (unpaired) electrons. The van der Waals surface area contributed by atoms with Crippen molar-refractivity contribution in [2.45, 2.75) is 24.6 Å². The van der Waals surface area contributed by atoms with E-state index in [2.05, 4.69) is 4.98 Å². The number of hydrogen-bond donors (Lipinski definition) is 1. The highest BCUT2D eigenvalue weighted by Gasteiger charge is 2.45. The number of carbonyl (C=O) groups is 2. The summed E-state index contributed by atoms with van der Waals surface area (Å²) >= 11 is 0. The van der Waals surface area contributed by atoms with Crippen LogP contribution in [0.1, 0.15) is 12.8 Å². The molecule has 0 saturated carbocycles. The van der Waals surface area contributed by atoms with Crippen molar-refractivity contribution in [3.63, 3.8) is 0 Å². The largest absolute Gasteiger partial charge is 0.405 e. The van der Waals surface area contributed by atoms with Gasteiger partial charge in [-0.3, -0.25) is 9.59 Å². The number of hydrogen-bond acceptors (Lipinski definition) is 4. The molecule has 2 amide bonds. The van der Waals surface area contributed by atoms with E-state index in [4.69, 9.17) is 0 Å². The Balaban J connectivity index is 2.24. The fourth-order valence-corrected chi connectivity index (χ4v) is 2.99. The van der Waals surface area contributed by atoms with Crippen LogP contribution < -0.4 is 5.32 Å². The van der Waals surface area contributed by atoms with Crippen LogP contribution in [0, 0.1) is 0 Å². The molecule has 0 aliphatic carbocycles. The van der Waals surface area contributed by atoms with Crippen molar-refractivity contribution in [3.05, 3.63) is 18.7 Å². The Morgan fingerprint density at radius 1 is 1.36 bits per heavy atom. The number of piperidine rings is 1. The molecular formula is C15H22F3N5O2. The monoisotopic (exact) mass is 361 g/mol. The van der Waals surface area contributed by atoms with E-state index in [-0.39, 0.29) is 19.0 Å². The SMILES string of the molecule is CN(C)CC(=O)N1CCCC(C(=O)NCC(F)(F)F)(n2ccnc2)C1. The minimum Gasteiger partial charge on any atom is -0.345 e. The summed E-state index contributed by atoms with van der Waals surface area (Å²) in [7, 11) is 3.50. The maximum Gasteiger partial charge on any atom is 0.405 e. The van der Waals surface area contributed by atoms with Crippen LogP contribution in [0.3, 0.4) is 0 Å². The second-order valence-electron chi connectivity index (χ2n) is 6.46. The van der Waals surface area contributed by atoms with Crippen molar-refractivity contribution < 1.29 is 22.8 Å². The van der Waals surface area contributed by atoms with Gasteiger partial charge in [0.1, 0.15) is 12.1 Å². The van der Waals surface area contributed by atoms with Gasteiger partial charge in [0, 0.05) is 18.9 Å². The van der Waals surface area contributed by atoms with Gasteiger partial charge in [-0.25, -0.2) is 4.98 Å². The maximum atomic E-state index is 12.6. The van der Waals surface area contributed by atoms with Crippen molar-refractivity contribution in [2.24, 2.45) is 0 Å². The van der Waals surface area contributed by atoms with Crippen molar-refractivity contribution in [1.82, 2.24) is 24.7 Å². The number of likely N-dealkylation sites (N-methyl/N-ethyl adjacent to an activating group) is 1. The summed E-state index contributed by atoms with van der Waals surface area (Å²) in [5.74, 6) is -0.928. The molecule has 0 aromatic carbocycles. The van der Waals surface area contributed by atoms with Gasteiger partial charge in [0.2, 0.25) is 11.8 Å². The van der Waals surface area contributed by atoms with Gasteiger partial charge < -0.3 is 19.7 Å². The zero-order valence-electron chi connectivity index (χ0n) is 14.2. The van der Waals surface area contributed by atoms with E-state index in [1.807, 2.05) is 5.32 Å². The number of nitrogens with zero attached hydrogens (tertiary/aromatic N) is 4. The molecule has 1 unspecified atom stereocenters. The summed E-state index contributed by atoms with van der Waals surface area (Å²) in [5.41, 5.74) is -1.29. The Morgan fingerprint density at radius 3 is 2.64 bits per heavy atom. The summed E-state index contributed by atoms with van der Waals surface area (Å²) in [6.07, 6.45) is 0.732. The first-order valence-corrected chi connectivity index (χ1v) is 7.90. The lowest BCUT2D eigenvalue weighted by molar-refractivity contribution is -0.148. The Bertz CT molecular complexity index is 603. The molecule has 1 atom stereocenters. The molecule has 2 heterocycles. The lowest BCUT2D eigenvalue weighted by atomic mass is 9.87.